The molecule has 2 N–H and O–H groups in total. The molecule has 25 heavy (non-hydrogen) atoms. The summed E-state index contributed by atoms with van der Waals surface area (Å²) in [5, 5.41) is 10.9. The number of amides is 1. The van der Waals surface area contributed by atoms with Gasteiger partial charge >= 0.3 is 0 Å². The predicted octanol–water partition coefficient (Wildman–Crippen LogP) is 2.70. The molecule has 0 bridgehead atoms. The summed E-state index contributed by atoms with van der Waals surface area (Å²) in [5.74, 6) is 0.206. The van der Waals surface area contributed by atoms with Gasteiger partial charge in [0.25, 0.3) is 0 Å². The number of carbonyl (C=O) groups is 1. The second kappa shape index (κ2) is 6.25. The van der Waals surface area contributed by atoms with Crippen molar-refractivity contribution in [2.75, 3.05) is 0 Å². The van der Waals surface area contributed by atoms with Crippen molar-refractivity contribution in [1.29, 1.82) is 0 Å². The number of nitrogens with two attached hydrogens (primary N) is 1. The number of carbonyl (C=O) groups excluding carboxylic acids is 1. The lowest BCUT2D eigenvalue weighted by molar-refractivity contribution is -0.120. The lowest BCUT2D eigenvalue weighted by atomic mass is 10.0. The first-order valence-corrected chi connectivity index (χ1v) is 8.81. The molecule has 0 aliphatic heterocycles. The Kier molecular flexibility index (Phi) is 3.93. The minimum Gasteiger partial charge on any atom is -0.486 e. The minimum atomic E-state index is -0.659. The summed E-state index contributed by atoms with van der Waals surface area (Å²) >= 11 is 1.58. The van der Waals surface area contributed by atoms with Crippen LogP contribution in [0.2, 0.25) is 0 Å². The smallest absolute Gasteiger partial charge is 0.229 e. The van der Waals surface area contributed by atoms with Crippen LogP contribution >= 0.6 is 11.3 Å². The molecular weight excluding hydrogens is 336 g/mol. The van der Waals surface area contributed by atoms with Crippen molar-refractivity contribution < 1.29 is 9.53 Å². The summed E-state index contributed by atoms with van der Waals surface area (Å²) in [6.45, 7) is 0.331. The Morgan fingerprint density at radius 3 is 2.80 bits per heavy atom. The molecule has 0 unspecified atom stereocenters. The maximum Gasteiger partial charge on any atom is 0.229 e. The topological polar surface area (TPSA) is 91.0 Å². The average Bonchev–Trinajstić information content (AvgIpc) is 3.34. The van der Waals surface area contributed by atoms with Crippen LogP contribution in [0.1, 0.15) is 24.2 Å². The predicted molar refractivity (Wildman–Crippen MR) is 94.0 cm³/mol. The van der Waals surface area contributed by atoms with Crippen LogP contribution in [0.25, 0.3) is 10.6 Å². The van der Waals surface area contributed by atoms with Crippen molar-refractivity contribution in [1.82, 2.24) is 15.2 Å². The molecule has 3 aromatic rings. The van der Waals surface area contributed by atoms with Gasteiger partial charge in [0, 0.05) is 17.0 Å². The van der Waals surface area contributed by atoms with E-state index >= 15 is 0 Å². The fourth-order valence-electron chi connectivity index (χ4n) is 2.66. The summed E-state index contributed by atoms with van der Waals surface area (Å²) < 4.78 is 5.77. The van der Waals surface area contributed by atoms with Crippen LogP contribution < -0.4 is 10.5 Å². The molecule has 0 radical (unpaired) electrons. The maximum atomic E-state index is 11.6. The van der Waals surface area contributed by atoms with Crippen molar-refractivity contribution in [2.24, 2.45) is 5.73 Å². The van der Waals surface area contributed by atoms with E-state index in [2.05, 4.69) is 15.2 Å². The van der Waals surface area contributed by atoms with Crippen molar-refractivity contribution >= 4 is 17.2 Å². The van der Waals surface area contributed by atoms with E-state index in [0.717, 1.165) is 16.3 Å². The lowest BCUT2D eigenvalue weighted by Crippen LogP contribution is -2.29. The quantitative estimate of drug-likeness (QED) is 0.736. The van der Waals surface area contributed by atoms with Crippen molar-refractivity contribution in [3.8, 4) is 16.3 Å². The normalized spacial score (nSPS) is 14.9. The van der Waals surface area contributed by atoms with Gasteiger partial charge in [-0.1, -0.05) is 30.3 Å². The zero-order chi connectivity index (χ0) is 17.3. The maximum absolute atomic E-state index is 11.6. The first-order valence-electron chi connectivity index (χ1n) is 7.93. The third-order valence-electron chi connectivity index (χ3n) is 4.30. The average molecular weight is 352 g/mol. The van der Waals surface area contributed by atoms with Gasteiger partial charge in [0.15, 0.2) is 0 Å². The van der Waals surface area contributed by atoms with Crippen LogP contribution in [-0.4, -0.2) is 21.1 Å². The summed E-state index contributed by atoms with van der Waals surface area (Å²) in [6, 6.07) is 11.8. The molecule has 0 saturated heterocycles. The first kappa shape index (κ1) is 15.7. The molecule has 0 spiro atoms. The Labute approximate surface area is 148 Å². The second-order valence-electron chi connectivity index (χ2n) is 6.02. The van der Waals surface area contributed by atoms with Gasteiger partial charge in [0.1, 0.15) is 17.4 Å². The Morgan fingerprint density at radius 2 is 2.08 bits per heavy atom. The molecule has 1 aromatic carbocycles. The number of hydrogen-bond donors (Lipinski definition) is 1. The molecule has 1 aliphatic rings. The van der Waals surface area contributed by atoms with E-state index in [-0.39, 0.29) is 5.91 Å². The molecule has 1 fully saturated rings. The molecule has 4 rings (SSSR count). The van der Waals surface area contributed by atoms with E-state index in [9.17, 15) is 4.79 Å². The van der Waals surface area contributed by atoms with Gasteiger partial charge < -0.3 is 10.5 Å². The Bertz CT molecular complexity index is 906. The fourth-order valence-corrected chi connectivity index (χ4v) is 3.47. The van der Waals surface area contributed by atoms with E-state index in [1.807, 2.05) is 35.7 Å². The van der Waals surface area contributed by atoms with E-state index in [1.54, 1.807) is 17.4 Å². The Balaban J connectivity index is 1.46. The van der Waals surface area contributed by atoms with Gasteiger partial charge in [-0.05, 0) is 12.8 Å². The van der Waals surface area contributed by atoms with Crippen LogP contribution in [0.4, 0.5) is 0 Å². The van der Waals surface area contributed by atoms with Crippen LogP contribution in [0, 0.1) is 0 Å². The van der Waals surface area contributed by atoms with Gasteiger partial charge in [-0.25, -0.2) is 4.98 Å². The van der Waals surface area contributed by atoms with Gasteiger partial charge in [-0.3, -0.25) is 4.79 Å². The number of nitrogens with zero attached hydrogens (tertiary/aromatic N) is 3. The second-order valence-corrected chi connectivity index (χ2v) is 6.88. The fraction of sp³-hybridized carbons (Fsp3) is 0.222. The molecule has 1 amide bonds. The van der Waals surface area contributed by atoms with Crippen molar-refractivity contribution in [3.63, 3.8) is 0 Å². The molecule has 2 heterocycles. The number of hydrogen-bond acceptors (Lipinski definition) is 6. The summed E-state index contributed by atoms with van der Waals surface area (Å²) in [6.07, 6.45) is 2.96. The molecule has 1 aliphatic carbocycles. The van der Waals surface area contributed by atoms with E-state index in [1.165, 1.54) is 6.20 Å². The third kappa shape index (κ3) is 3.10. The zero-order valence-electron chi connectivity index (χ0n) is 13.4. The van der Waals surface area contributed by atoms with E-state index < -0.39 is 5.41 Å². The molecular formula is C18H16N4O2S. The van der Waals surface area contributed by atoms with Gasteiger partial charge in [-0.15, -0.1) is 11.3 Å². The highest BCUT2D eigenvalue weighted by molar-refractivity contribution is 7.13. The highest BCUT2D eigenvalue weighted by atomic mass is 32.1. The molecule has 7 heteroatoms. The third-order valence-corrected chi connectivity index (χ3v) is 5.24. The lowest BCUT2D eigenvalue weighted by Gasteiger charge is -2.10. The number of rotatable bonds is 6. The first-order chi connectivity index (χ1) is 12.2. The number of primary amides is 1. The van der Waals surface area contributed by atoms with Gasteiger partial charge in [0.05, 0.1) is 23.0 Å². The van der Waals surface area contributed by atoms with E-state index in [0.29, 0.717) is 30.9 Å². The molecule has 126 valence electrons. The van der Waals surface area contributed by atoms with Gasteiger partial charge in [-0.2, -0.15) is 10.2 Å². The number of thiazole rings is 1. The van der Waals surface area contributed by atoms with Crippen LogP contribution in [0.3, 0.4) is 0 Å². The highest BCUT2D eigenvalue weighted by Crippen LogP contribution is 2.47. The number of ether oxygens (including phenoxy) is 1. The van der Waals surface area contributed by atoms with Crippen molar-refractivity contribution in [3.05, 3.63) is 59.4 Å². The standard InChI is InChI=1S/C18H16N4O2S/c19-17(23)18(6-7-18)15-8-14(9-20-22-15)24-10-13-11-25-16(21-13)12-4-2-1-3-5-12/h1-5,8-9,11H,6-7,10H2,(H2,19,23). The zero-order valence-corrected chi connectivity index (χ0v) is 14.2. The van der Waals surface area contributed by atoms with Crippen molar-refractivity contribution in [2.45, 2.75) is 24.9 Å². The van der Waals surface area contributed by atoms with Crippen LogP contribution in [0.15, 0.2) is 48.0 Å². The molecule has 0 atom stereocenters. The Hall–Kier alpha value is -2.80. The van der Waals surface area contributed by atoms with Crippen LogP contribution in [-0.2, 0) is 16.8 Å². The number of benzene rings is 1. The monoisotopic (exact) mass is 352 g/mol. The van der Waals surface area contributed by atoms with E-state index in [4.69, 9.17) is 10.5 Å². The summed E-state index contributed by atoms with van der Waals surface area (Å²) in [7, 11) is 0. The summed E-state index contributed by atoms with van der Waals surface area (Å²) in [4.78, 5) is 16.2. The van der Waals surface area contributed by atoms with Gasteiger partial charge in [0.2, 0.25) is 5.91 Å². The number of aromatic nitrogens is 3. The highest BCUT2D eigenvalue weighted by Gasteiger charge is 2.51. The summed E-state index contributed by atoms with van der Waals surface area (Å²) in [5.41, 5.74) is 7.34. The SMILES string of the molecule is NC(=O)C1(c2cc(OCc3csc(-c4ccccc4)n3)cnn2)CC1. The molecule has 1 saturated carbocycles. The Morgan fingerprint density at radius 1 is 1.28 bits per heavy atom. The molecule has 2 aromatic heterocycles. The molecule has 6 nitrogen and oxygen atoms in total. The largest absolute Gasteiger partial charge is 0.486 e. The minimum absolute atomic E-state index is 0.331. The van der Waals surface area contributed by atoms with Crippen LogP contribution in [0.5, 0.6) is 5.75 Å².